The maximum Gasteiger partial charge on any atom is 0.253 e. The highest BCUT2D eigenvalue weighted by Crippen LogP contribution is 2.26. The maximum atomic E-state index is 12.7. The van der Waals surface area contributed by atoms with Gasteiger partial charge < -0.3 is 4.90 Å². The zero-order chi connectivity index (χ0) is 18.1. The summed E-state index contributed by atoms with van der Waals surface area (Å²) in [4.78, 5) is 14.5. The van der Waals surface area contributed by atoms with Crippen LogP contribution in [0.5, 0.6) is 0 Å². The lowest BCUT2D eigenvalue weighted by Gasteiger charge is -2.20. The zero-order valence-corrected chi connectivity index (χ0v) is 15.7. The molecule has 0 N–H and O–H groups in total. The van der Waals surface area contributed by atoms with Gasteiger partial charge in [-0.25, -0.2) is 16.8 Å². The Balaban J connectivity index is 1.84. The molecule has 2 saturated heterocycles. The lowest BCUT2D eigenvalue weighted by Crippen LogP contribution is -2.32. The number of nitrogens with zero attached hydrogens (tertiary/aromatic N) is 1. The van der Waals surface area contributed by atoms with E-state index in [0.717, 1.165) is 25.7 Å². The van der Waals surface area contributed by atoms with E-state index >= 15 is 0 Å². The number of sulfone groups is 2. The monoisotopic (exact) mass is 385 g/mol. The standard InChI is InChI=1S/C17H23NO5S2/c19-17(18-9-3-1-2-4-10-18)14-6-5-7-15(12-14)25(22,23)16-8-11-24(20,21)13-16/h5-7,12,16H,1-4,8-11,13H2/t16-/m1/s1. The number of carbonyl (C=O) groups is 1. The molecule has 0 spiro atoms. The van der Waals surface area contributed by atoms with Crippen molar-refractivity contribution in [3.05, 3.63) is 29.8 Å². The maximum absolute atomic E-state index is 12.7. The third-order valence-electron chi connectivity index (χ3n) is 4.93. The van der Waals surface area contributed by atoms with Crippen molar-refractivity contribution in [2.45, 2.75) is 42.2 Å². The molecule has 1 atom stereocenters. The molecule has 2 fully saturated rings. The number of hydrogen-bond donors (Lipinski definition) is 0. The Labute approximate surface area is 149 Å². The van der Waals surface area contributed by atoms with E-state index in [1.807, 2.05) is 0 Å². The van der Waals surface area contributed by atoms with Gasteiger partial charge in [-0.15, -0.1) is 0 Å². The minimum atomic E-state index is -3.75. The summed E-state index contributed by atoms with van der Waals surface area (Å²) in [6.45, 7) is 1.38. The van der Waals surface area contributed by atoms with Gasteiger partial charge in [-0.2, -0.15) is 0 Å². The molecule has 8 heteroatoms. The van der Waals surface area contributed by atoms with Gasteiger partial charge in [-0.05, 0) is 37.5 Å². The van der Waals surface area contributed by atoms with Gasteiger partial charge >= 0.3 is 0 Å². The van der Waals surface area contributed by atoms with Crippen LogP contribution < -0.4 is 0 Å². The molecule has 3 rings (SSSR count). The number of amides is 1. The van der Waals surface area contributed by atoms with Crippen LogP contribution in [0.4, 0.5) is 0 Å². The fraction of sp³-hybridized carbons (Fsp3) is 0.588. The van der Waals surface area contributed by atoms with Crippen molar-refractivity contribution in [3.8, 4) is 0 Å². The van der Waals surface area contributed by atoms with Gasteiger partial charge in [0.15, 0.2) is 19.7 Å². The summed E-state index contributed by atoms with van der Waals surface area (Å²) in [5, 5.41) is -0.916. The second-order valence-corrected chi connectivity index (χ2v) is 11.3. The van der Waals surface area contributed by atoms with Crippen LogP contribution in [0.25, 0.3) is 0 Å². The second-order valence-electron chi connectivity index (χ2n) is 6.80. The van der Waals surface area contributed by atoms with Crippen molar-refractivity contribution < 1.29 is 21.6 Å². The summed E-state index contributed by atoms with van der Waals surface area (Å²) in [5.74, 6) is -0.582. The highest BCUT2D eigenvalue weighted by Gasteiger charge is 2.38. The Morgan fingerprint density at radius 1 is 1.08 bits per heavy atom. The van der Waals surface area contributed by atoms with Crippen LogP contribution in [-0.4, -0.2) is 57.5 Å². The number of carbonyl (C=O) groups excluding carboxylic acids is 1. The van der Waals surface area contributed by atoms with Crippen LogP contribution in [0.2, 0.25) is 0 Å². The molecule has 1 aromatic rings. The fourth-order valence-electron chi connectivity index (χ4n) is 3.46. The third-order valence-corrected chi connectivity index (χ3v) is 9.10. The molecule has 0 aromatic heterocycles. The molecule has 6 nitrogen and oxygen atoms in total. The van der Waals surface area contributed by atoms with Gasteiger partial charge in [0.25, 0.3) is 5.91 Å². The largest absolute Gasteiger partial charge is 0.339 e. The molecule has 0 bridgehead atoms. The molecule has 0 radical (unpaired) electrons. The van der Waals surface area contributed by atoms with Crippen molar-refractivity contribution in [3.63, 3.8) is 0 Å². The lowest BCUT2D eigenvalue weighted by molar-refractivity contribution is 0.0761. The van der Waals surface area contributed by atoms with Gasteiger partial charge in [-0.1, -0.05) is 18.9 Å². The number of likely N-dealkylation sites (tertiary alicyclic amines) is 1. The van der Waals surface area contributed by atoms with Crippen LogP contribution >= 0.6 is 0 Å². The van der Waals surface area contributed by atoms with Gasteiger partial charge in [0.05, 0.1) is 21.7 Å². The van der Waals surface area contributed by atoms with Crippen LogP contribution in [-0.2, 0) is 19.7 Å². The van der Waals surface area contributed by atoms with Crippen LogP contribution in [0.15, 0.2) is 29.2 Å². The minimum Gasteiger partial charge on any atom is -0.339 e. The predicted molar refractivity (Wildman–Crippen MR) is 95.1 cm³/mol. The third kappa shape index (κ3) is 4.06. The molecule has 1 amide bonds. The molecule has 2 aliphatic heterocycles. The summed E-state index contributed by atoms with van der Waals surface area (Å²) in [6, 6.07) is 6.02. The number of rotatable bonds is 3. The molecular formula is C17H23NO5S2. The van der Waals surface area contributed by atoms with Gasteiger partial charge in [0.2, 0.25) is 0 Å². The van der Waals surface area contributed by atoms with E-state index in [1.54, 1.807) is 17.0 Å². The zero-order valence-electron chi connectivity index (χ0n) is 14.1. The topological polar surface area (TPSA) is 88.6 Å². The first kappa shape index (κ1) is 18.4. The number of hydrogen-bond acceptors (Lipinski definition) is 5. The average molecular weight is 386 g/mol. The highest BCUT2D eigenvalue weighted by molar-refractivity contribution is 7.96. The van der Waals surface area contributed by atoms with Crippen molar-refractivity contribution >= 4 is 25.6 Å². The SMILES string of the molecule is O=C(c1cccc(S(=O)(=O)[C@@H]2CCS(=O)(=O)C2)c1)N1CCCCCC1. The average Bonchev–Trinajstić information content (AvgIpc) is 2.79. The molecule has 0 aliphatic carbocycles. The van der Waals surface area contributed by atoms with Crippen molar-refractivity contribution in [2.24, 2.45) is 0 Å². The summed E-state index contributed by atoms with van der Waals surface area (Å²) in [7, 11) is -7.04. The van der Waals surface area contributed by atoms with E-state index in [2.05, 4.69) is 0 Å². The molecular weight excluding hydrogens is 362 g/mol. The van der Waals surface area contributed by atoms with Crippen LogP contribution in [0, 0.1) is 0 Å². The Kier molecular flexibility index (Phi) is 5.20. The fourth-order valence-corrected chi connectivity index (χ4v) is 7.86. The van der Waals surface area contributed by atoms with E-state index in [9.17, 15) is 21.6 Å². The molecule has 0 unspecified atom stereocenters. The van der Waals surface area contributed by atoms with Crippen molar-refractivity contribution in [1.29, 1.82) is 0 Å². The normalized spacial score (nSPS) is 24.0. The summed E-state index contributed by atoms with van der Waals surface area (Å²) >= 11 is 0. The molecule has 25 heavy (non-hydrogen) atoms. The quantitative estimate of drug-likeness (QED) is 0.790. The molecule has 2 heterocycles. The van der Waals surface area contributed by atoms with E-state index in [-0.39, 0.29) is 28.7 Å². The van der Waals surface area contributed by atoms with Crippen molar-refractivity contribution in [1.82, 2.24) is 4.90 Å². The Morgan fingerprint density at radius 3 is 2.36 bits per heavy atom. The molecule has 138 valence electrons. The second kappa shape index (κ2) is 7.07. The first-order valence-electron chi connectivity index (χ1n) is 8.63. The number of benzene rings is 1. The van der Waals surface area contributed by atoms with Gasteiger partial charge in [0.1, 0.15) is 0 Å². The summed E-state index contributed by atoms with van der Waals surface area (Å²) < 4.78 is 48.7. The lowest BCUT2D eigenvalue weighted by atomic mass is 10.2. The molecule has 2 aliphatic rings. The van der Waals surface area contributed by atoms with Gasteiger partial charge in [0, 0.05) is 18.7 Å². The summed E-state index contributed by atoms with van der Waals surface area (Å²) in [6.07, 6.45) is 4.25. The summed E-state index contributed by atoms with van der Waals surface area (Å²) in [5.41, 5.74) is 0.351. The Bertz CT molecular complexity index is 853. The van der Waals surface area contributed by atoms with Crippen LogP contribution in [0.1, 0.15) is 42.5 Å². The van der Waals surface area contributed by atoms with E-state index in [1.165, 1.54) is 12.1 Å². The first-order chi connectivity index (χ1) is 11.8. The molecule has 0 saturated carbocycles. The first-order valence-corrected chi connectivity index (χ1v) is 12.0. The molecule has 1 aromatic carbocycles. The van der Waals surface area contributed by atoms with Crippen molar-refractivity contribution in [2.75, 3.05) is 24.6 Å². The van der Waals surface area contributed by atoms with E-state index in [4.69, 9.17) is 0 Å². The van der Waals surface area contributed by atoms with E-state index in [0.29, 0.717) is 18.7 Å². The minimum absolute atomic E-state index is 0.0373. The van der Waals surface area contributed by atoms with Gasteiger partial charge in [-0.3, -0.25) is 4.79 Å². The Morgan fingerprint density at radius 2 is 1.76 bits per heavy atom. The van der Waals surface area contributed by atoms with Crippen LogP contribution in [0.3, 0.4) is 0 Å². The highest BCUT2D eigenvalue weighted by atomic mass is 32.2. The Hall–Kier alpha value is -1.41. The smallest absolute Gasteiger partial charge is 0.253 e. The van der Waals surface area contributed by atoms with E-state index < -0.39 is 24.9 Å². The predicted octanol–water partition coefficient (Wildman–Crippen LogP) is 1.66.